The Bertz CT molecular complexity index is 771. The number of anilines is 1. The van der Waals surface area contributed by atoms with Crippen LogP contribution in [0.3, 0.4) is 0 Å². The fraction of sp³-hybridized carbons (Fsp3) is 0.524. The number of aliphatic hydroxyl groups is 1. The zero-order valence-corrected chi connectivity index (χ0v) is 16.4. The Hall–Kier alpha value is -2.38. The minimum Gasteiger partial charge on any atom is -0.481 e. The molecule has 7 nitrogen and oxygen atoms in total. The van der Waals surface area contributed by atoms with Crippen LogP contribution in [0.5, 0.6) is 11.9 Å². The van der Waals surface area contributed by atoms with Gasteiger partial charge in [0.1, 0.15) is 5.82 Å². The van der Waals surface area contributed by atoms with Crippen LogP contribution in [0.4, 0.5) is 5.82 Å². The summed E-state index contributed by atoms with van der Waals surface area (Å²) in [7, 11) is 3.13. The van der Waals surface area contributed by atoms with Crippen molar-refractivity contribution >= 4 is 5.82 Å². The summed E-state index contributed by atoms with van der Waals surface area (Å²) in [4.78, 5) is 10.8. The number of aromatic nitrogens is 2. The molecule has 2 aliphatic rings. The lowest BCUT2D eigenvalue weighted by Gasteiger charge is -2.48. The summed E-state index contributed by atoms with van der Waals surface area (Å²) in [6.07, 6.45) is 2.60. The van der Waals surface area contributed by atoms with Crippen LogP contribution in [0, 0.1) is 0 Å². The Kier molecular flexibility index (Phi) is 5.37. The van der Waals surface area contributed by atoms with E-state index in [0.717, 1.165) is 37.3 Å². The first-order valence-corrected chi connectivity index (χ1v) is 9.74. The van der Waals surface area contributed by atoms with E-state index in [9.17, 15) is 5.11 Å². The first kappa shape index (κ1) is 19.0. The Morgan fingerprint density at radius 1 is 1.11 bits per heavy atom. The molecule has 150 valence electrons. The molecule has 0 amide bonds. The van der Waals surface area contributed by atoms with E-state index >= 15 is 0 Å². The van der Waals surface area contributed by atoms with Gasteiger partial charge >= 0.3 is 6.01 Å². The van der Waals surface area contributed by atoms with Crippen LogP contribution < -0.4 is 14.4 Å². The average Bonchev–Trinajstić information content (AvgIpc) is 2.74. The molecule has 1 aromatic heterocycles. The van der Waals surface area contributed by atoms with Crippen LogP contribution in [0.1, 0.15) is 37.4 Å². The predicted octanol–water partition coefficient (Wildman–Crippen LogP) is 2.75. The normalized spacial score (nSPS) is 24.2. The number of methoxy groups -OCH3 is 2. The summed E-state index contributed by atoms with van der Waals surface area (Å²) in [6.45, 7) is 1.58. The number of hydrogen-bond acceptors (Lipinski definition) is 7. The number of rotatable bonds is 4. The number of nitrogens with zero attached hydrogens (tertiary/aromatic N) is 3. The first-order valence-electron chi connectivity index (χ1n) is 9.74. The molecule has 28 heavy (non-hydrogen) atoms. The molecule has 7 heteroatoms. The monoisotopic (exact) mass is 385 g/mol. The van der Waals surface area contributed by atoms with Gasteiger partial charge in [-0.25, -0.2) is 0 Å². The maximum absolute atomic E-state index is 10.5. The Morgan fingerprint density at radius 3 is 2.54 bits per heavy atom. The number of benzene rings is 1. The summed E-state index contributed by atoms with van der Waals surface area (Å²) < 4.78 is 17.0. The highest BCUT2D eigenvalue weighted by Crippen LogP contribution is 2.43. The Morgan fingerprint density at radius 2 is 1.86 bits per heavy atom. The van der Waals surface area contributed by atoms with Gasteiger partial charge in [0.2, 0.25) is 5.88 Å². The molecule has 0 aliphatic carbocycles. The van der Waals surface area contributed by atoms with Crippen LogP contribution in [0.15, 0.2) is 36.4 Å². The van der Waals surface area contributed by atoms with E-state index < -0.39 is 0 Å². The second-order valence-corrected chi connectivity index (χ2v) is 7.54. The third-order valence-electron chi connectivity index (χ3n) is 5.72. The number of aliphatic hydroxyl groups excluding tert-OH is 1. The van der Waals surface area contributed by atoms with Gasteiger partial charge in [-0.05, 0) is 18.4 Å². The quantitative estimate of drug-likeness (QED) is 0.867. The van der Waals surface area contributed by atoms with Gasteiger partial charge in [0.05, 0.1) is 32.0 Å². The molecule has 0 radical (unpaired) electrons. The summed E-state index contributed by atoms with van der Waals surface area (Å²) in [5.74, 6) is 1.27. The molecule has 1 N–H and O–H groups in total. The van der Waals surface area contributed by atoms with Crippen LogP contribution in [0.25, 0.3) is 0 Å². The van der Waals surface area contributed by atoms with Crippen molar-refractivity contribution in [1.82, 2.24) is 9.97 Å². The van der Waals surface area contributed by atoms with Crippen molar-refractivity contribution in [3.63, 3.8) is 0 Å². The number of ether oxygens (including phenoxy) is 3. The van der Waals surface area contributed by atoms with Gasteiger partial charge in [-0.15, -0.1) is 0 Å². The number of piperidine rings is 1. The minimum atomic E-state index is -0.343. The van der Waals surface area contributed by atoms with Gasteiger partial charge in [-0.1, -0.05) is 30.3 Å². The van der Waals surface area contributed by atoms with Gasteiger partial charge in [-0.2, -0.15) is 9.97 Å². The largest absolute Gasteiger partial charge is 0.481 e. The molecule has 2 atom stereocenters. The zero-order chi connectivity index (χ0) is 19.6. The molecule has 4 rings (SSSR count). The van der Waals surface area contributed by atoms with Crippen molar-refractivity contribution < 1.29 is 19.3 Å². The zero-order valence-electron chi connectivity index (χ0n) is 16.4. The van der Waals surface area contributed by atoms with Crippen molar-refractivity contribution in [3.8, 4) is 11.9 Å². The lowest BCUT2D eigenvalue weighted by atomic mass is 9.81. The van der Waals surface area contributed by atoms with Gasteiger partial charge in [-0.3, -0.25) is 0 Å². The molecule has 1 aromatic carbocycles. The van der Waals surface area contributed by atoms with Crippen molar-refractivity contribution in [2.24, 2.45) is 0 Å². The van der Waals surface area contributed by atoms with E-state index in [2.05, 4.69) is 27.0 Å². The van der Waals surface area contributed by atoms with Gasteiger partial charge in [0.15, 0.2) is 0 Å². The molecular formula is C21H27N3O4. The smallest absolute Gasteiger partial charge is 0.321 e. The third-order valence-corrected chi connectivity index (χ3v) is 5.72. The standard InChI is InChI=1S/C21H27N3O4/c1-26-19-13-18(22-20(23-19)27-2)24-10-8-21(9-11-24)14-16(25)12-17(28-21)15-6-4-3-5-7-15/h3-7,13,16-17,25H,8-12,14H2,1-2H3/t16-,17-/m1/s1. The summed E-state index contributed by atoms with van der Waals surface area (Å²) in [5, 5.41) is 10.5. The molecule has 0 bridgehead atoms. The molecule has 0 unspecified atom stereocenters. The Labute approximate surface area is 165 Å². The average molecular weight is 385 g/mol. The molecular weight excluding hydrogens is 358 g/mol. The maximum Gasteiger partial charge on any atom is 0.321 e. The topological polar surface area (TPSA) is 76.9 Å². The van der Waals surface area contributed by atoms with Gasteiger partial charge in [0, 0.05) is 32.0 Å². The van der Waals surface area contributed by atoms with E-state index in [1.165, 1.54) is 0 Å². The summed E-state index contributed by atoms with van der Waals surface area (Å²) in [6, 6.07) is 12.3. The van der Waals surface area contributed by atoms with Crippen molar-refractivity contribution in [1.29, 1.82) is 0 Å². The fourth-order valence-electron chi connectivity index (χ4n) is 4.25. The van der Waals surface area contributed by atoms with Crippen LogP contribution in [-0.2, 0) is 4.74 Å². The van der Waals surface area contributed by atoms with Crippen LogP contribution in [0.2, 0.25) is 0 Å². The van der Waals surface area contributed by atoms with E-state index in [-0.39, 0.29) is 17.8 Å². The fourth-order valence-corrected chi connectivity index (χ4v) is 4.25. The SMILES string of the molecule is COc1cc(N2CCC3(CC2)C[C@H](O)C[C@H](c2ccccc2)O3)nc(OC)n1. The van der Waals surface area contributed by atoms with Crippen LogP contribution in [-0.4, -0.2) is 54.1 Å². The van der Waals surface area contributed by atoms with Gasteiger partial charge in [0.25, 0.3) is 0 Å². The molecule has 2 aromatic rings. The highest BCUT2D eigenvalue weighted by atomic mass is 16.5. The lowest BCUT2D eigenvalue weighted by molar-refractivity contribution is -0.173. The second-order valence-electron chi connectivity index (χ2n) is 7.54. The van der Waals surface area contributed by atoms with E-state index in [1.807, 2.05) is 24.3 Å². The van der Waals surface area contributed by atoms with Crippen LogP contribution >= 0.6 is 0 Å². The van der Waals surface area contributed by atoms with Gasteiger partial charge < -0.3 is 24.2 Å². The van der Waals surface area contributed by atoms with Crippen molar-refractivity contribution in [2.75, 3.05) is 32.2 Å². The lowest BCUT2D eigenvalue weighted by Crippen LogP contribution is -2.51. The molecule has 2 fully saturated rings. The summed E-state index contributed by atoms with van der Waals surface area (Å²) >= 11 is 0. The van der Waals surface area contributed by atoms with E-state index in [1.54, 1.807) is 14.2 Å². The molecule has 3 heterocycles. The van der Waals surface area contributed by atoms with Crippen molar-refractivity contribution in [3.05, 3.63) is 42.0 Å². The highest BCUT2D eigenvalue weighted by Gasteiger charge is 2.44. The third kappa shape index (κ3) is 3.91. The second kappa shape index (κ2) is 7.93. The maximum atomic E-state index is 10.5. The summed E-state index contributed by atoms with van der Waals surface area (Å²) in [5.41, 5.74) is 0.837. The number of hydrogen-bond donors (Lipinski definition) is 1. The Balaban J connectivity index is 1.48. The van der Waals surface area contributed by atoms with Crippen molar-refractivity contribution in [2.45, 2.75) is 43.5 Å². The highest BCUT2D eigenvalue weighted by molar-refractivity contribution is 5.43. The first-order chi connectivity index (χ1) is 13.6. The molecule has 2 aliphatic heterocycles. The predicted molar refractivity (Wildman–Crippen MR) is 105 cm³/mol. The molecule has 0 saturated carbocycles. The molecule has 1 spiro atoms. The molecule has 2 saturated heterocycles. The minimum absolute atomic E-state index is 0.0595. The van der Waals surface area contributed by atoms with E-state index in [0.29, 0.717) is 24.7 Å². The van der Waals surface area contributed by atoms with E-state index in [4.69, 9.17) is 14.2 Å².